The van der Waals surface area contributed by atoms with Crippen LogP contribution in [0.5, 0.6) is 0 Å². The topological polar surface area (TPSA) is 80.0 Å². The van der Waals surface area contributed by atoms with Crippen LogP contribution in [0.15, 0.2) is 109 Å². The maximum atomic E-state index is 14.3. The predicted octanol–water partition coefficient (Wildman–Crippen LogP) is 9.26. The van der Waals surface area contributed by atoms with Crippen LogP contribution in [-0.2, 0) is 36.3 Å². The van der Waals surface area contributed by atoms with Crippen LogP contribution in [-0.4, -0.2) is 24.4 Å². The second kappa shape index (κ2) is 15.5. The van der Waals surface area contributed by atoms with Crippen LogP contribution in [0.2, 0.25) is 0 Å². The molecule has 4 unspecified atom stereocenters. The normalized spacial score (nSPS) is 17.0. The molecule has 0 amide bonds. The Bertz CT molecular complexity index is 1440. The van der Waals surface area contributed by atoms with E-state index in [-0.39, 0.29) is 25.0 Å². The summed E-state index contributed by atoms with van der Waals surface area (Å²) in [7, 11) is -4.19. The number of hydrogen-bond donors (Lipinski definition) is 1. The van der Waals surface area contributed by atoms with Crippen molar-refractivity contribution >= 4 is 7.75 Å². The van der Waals surface area contributed by atoms with E-state index in [0.717, 1.165) is 33.4 Å². The molecule has 45 heavy (non-hydrogen) atoms. The Morgan fingerprint density at radius 1 is 0.600 bits per heavy atom. The predicted molar refractivity (Wildman–Crippen MR) is 182 cm³/mol. The van der Waals surface area contributed by atoms with E-state index in [4.69, 9.17) is 24.0 Å². The number of hydrogen-bond acceptors (Lipinski definition) is 5. The quantitative estimate of drug-likeness (QED) is 0.125. The first kappa shape index (κ1) is 34.8. The van der Waals surface area contributed by atoms with Crippen LogP contribution in [0.3, 0.4) is 0 Å². The van der Waals surface area contributed by atoms with Gasteiger partial charge < -0.3 is 9.47 Å². The van der Waals surface area contributed by atoms with E-state index in [1.165, 1.54) is 0 Å². The maximum Gasteiger partial charge on any atom is 0.404 e. The van der Waals surface area contributed by atoms with E-state index in [9.17, 15) is 4.57 Å². The third-order valence-corrected chi connectivity index (χ3v) is 10.3. The molecule has 0 saturated carbocycles. The fourth-order valence-corrected chi connectivity index (χ4v) is 7.14. The summed E-state index contributed by atoms with van der Waals surface area (Å²) >= 11 is 0. The van der Waals surface area contributed by atoms with Crippen molar-refractivity contribution in [1.29, 1.82) is 0 Å². The lowest BCUT2D eigenvalue weighted by Gasteiger charge is -2.41. The van der Waals surface area contributed by atoms with Crippen molar-refractivity contribution in [3.8, 4) is 0 Å². The van der Waals surface area contributed by atoms with E-state index in [1.807, 2.05) is 125 Å². The minimum Gasteiger partial charge on any atom is -0.374 e. The van der Waals surface area contributed by atoms with Gasteiger partial charge in [-0.15, -0.1) is 0 Å². The smallest absolute Gasteiger partial charge is 0.374 e. The Morgan fingerprint density at radius 3 is 1.29 bits per heavy atom. The molecule has 0 radical (unpaired) electrons. The molecule has 0 fully saturated rings. The first-order chi connectivity index (χ1) is 21.4. The van der Waals surface area contributed by atoms with Crippen molar-refractivity contribution < 1.29 is 23.1 Å². The van der Waals surface area contributed by atoms with Gasteiger partial charge in [-0.05, 0) is 61.1 Å². The average molecular weight is 630 g/mol. The molecule has 240 valence electrons. The van der Waals surface area contributed by atoms with Gasteiger partial charge in [-0.1, -0.05) is 123 Å². The highest BCUT2D eigenvalue weighted by Crippen LogP contribution is 2.53. The molecule has 0 saturated heterocycles. The number of nitrogens with two attached hydrogens (primary N) is 1. The van der Waals surface area contributed by atoms with E-state index in [0.29, 0.717) is 13.2 Å². The van der Waals surface area contributed by atoms with Crippen LogP contribution >= 0.6 is 7.75 Å². The lowest BCUT2D eigenvalue weighted by atomic mass is 9.85. The standard InChI is InChI=1S/C38H48NO5P/c1-29-17-13-15-23-35(29)25-41-27-37(5,31(3)33-19-9-7-10-20-33)43-45(39,40)44-38(6,32(4)34-21-11-8-12-22-34)28-42-26-36-24-16-14-18-30(36)2/h7-24,31-32H,25-28H2,1-6H3,(H2,39,40). The average Bonchev–Trinajstić information content (AvgIpc) is 3.02. The third-order valence-electron chi connectivity index (χ3n) is 8.92. The number of aryl methyl sites for hydroxylation is 2. The van der Waals surface area contributed by atoms with Crippen molar-refractivity contribution in [1.82, 2.24) is 0 Å². The van der Waals surface area contributed by atoms with Gasteiger partial charge in [0.15, 0.2) is 0 Å². The minimum absolute atomic E-state index is 0.149. The van der Waals surface area contributed by atoms with E-state index in [1.54, 1.807) is 0 Å². The zero-order valence-electron chi connectivity index (χ0n) is 27.4. The lowest BCUT2D eigenvalue weighted by molar-refractivity contribution is -0.0759. The van der Waals surface area contributed by atoms with Crippen molar-refractivity contribution in [2.24, 2.45) is 5.50 Å². The summed E-state index contributed by atoms with van der Waals surface area (Å²) in [6, 6.07) is 36.1. The fraction of sp³-hybridized carbons (Fsp3) is 0.368. The van der Waals surface area contributed by atoms with Gasteiger partial charge >= 0.3 is 7.75 Å². The SMILES string of the molecule is Cc1ccccc1COCC(C)(OP(N)(=O)OC(C)(COCc1ccccc1C)C(C)c1ccccc1)C(C)c1ccccc1. The van der Waals surface area contributed by atoms with Crippen LogP contribution in [0, 0.1) is 13.8 Å². The molecular weight excluding hydrogens is 581 g/mol. The molecule has 0 aliphatic carbocycles. The van der Waals surface area contributed by atoms with Crippen LogP contribution in [0.1, 0.15) is 72.9 Å². The van der Waals surface area contributed by atoms with Crippen molar-refractivity contribution in [2.75, 3.05) is 13.2 Å². The molecule has 0 aliphatic heterocycles. The molecule has 4 rings (SSSR count). The van der Waals surface area contributed by atoms with Gasteiger partial charge in [0, 0.05) is 11.8 Å². The van der Waals surface area contributed by atoms with Crippen molar-refractivity contribution in [2.45, 2.75) is 77.8 Å². The molecule has 6 nitrogen and oxygen atoms in total. The Labute approximate surface area is 269 Å². The van der Waals surface area contributed by atoms with E-state index < -0.39 is 18.9 Å². The molecule has 0 aromatic heterocycles. The summed E-state index contributed by atoms with van der Waals surface area (Å²) in [4.78, 5) is 0. The Balaban J connectivity index is 1.58. The second-order valence-electron chi connectivity index (χ2n) is 12.5. The summed E-state index contributed by atoms with van der Waals surface area (Å²) in [5.74, 6) is -0.433. The molecule has 4 aromatic rings. The first-order valence-electron chi connectivity index (χ1n) is 15.6. The van der Waals surface area contributed by atoms with Crippen LogP contribution in [0.4, 0.5) is 0 Å². The largest absolute Gasteiger partial charge is 0.404 e. The fourth-order valence-electron chi connectivity index (χ4n) is 5.52. The van der Waals surface area contributed by atoms with Crippen LogP contribution < -0.4 is 5.50 Å². The second-order valence-corrected chi connectivity index (χ2v) is 13.9. The summed E-state index contributed by atoms with van der Waals surface area (Å²) in [5.41, 5.74) is 10.8. The third kappa shape index (κ3) is 9.46. The highest BCUT2D eigenvalue weighted by molar-refractivity contribution is 7.51. The number of benzene rings is 4. The Morgan fingerprint density at radius 2 is 0.933 bits per heavy atom. The first-order valence-corrected chi connectivity index (χ1v) is 17.2. The zero-order chi connectivity index (χ0) is 32.5. The van der Waals surface area contributed by atoms with Gasteiger partial charge in [-0.2, -0.15) is 0 Å². The van der Waals surface area contributed by atoms with Crippen molar-refractivity contribution in [3.63, 3.8) is 0 Å². The molecule has 0 heterocycles. The summed E-state index contributed by atoms with van der Waals surface area (Å²) in [6.07, 6.45) is 0. The van der Waals surface area contributed by atoms with Gasteiger partial charge in [0.05, 0.1) is 26.4 Å². The van der Waals surface area contributed by atoms with Gasteiger partial charge in [0.1, 0.15) is 11.2 Å². The highest BCUT2D eigenvalue weighted by Gasteiger charge is 2.45. The zero-order valence-corrected chi connectivity index (χ0v) is 28.3. The van der Waals surface area contributed by atoms with Crippen molar-refractivity contribution in [3.05, 3.63) is 143 Å². The lowest BCUT2D eigenvalue weighted by Crippen LogP contribution is -2.44. The Kier molecular flexibility index (Phi) is 12.0. The maximum absolute atomic E-state index is 14.3. The molecular formula is C38H48NO5P. The monoisotopic (exact) mass is 629 g/mol. The molecule has 0 spiro atoms. The number of rotatable bonds is 16. The molecule has 0 aliphatic rings. The van der Waals surface area contributed by atoms with Gasteiger partial charge in [0.2, 0.25) is 0 Å². The van der Waals surface area contributed by atoms with Gasteiger partial charge in [-0.3, -0.25) is 9.05 Å². The highest BCUT2D eigenvalue weighted by atomic mass is 31.2. The van der Waals surface area contributed by atoms with Crippen LogP contribution in [0.25, 0.3) is 0 Å². The van der Waals surface area contributed by atoms with Gasteiger partial charge in [-0.25, -0.2) is 10.1 Å². The molecule has 4 atom stereocenters. The summed E-state index contributed by atoms with van der Waals surface area (Å²) < 4.78 is 39.6. The van der Waals surface area contributed by atoms with E-state index in [2.05, 4.69) is 26.0 Å². The summed E-state index contributed by atoms with van der Waals surface area (Å²) in [5, 5.41) is 0. The molecule has 4 aromatic carbocycles. The molecule has 2 N–H and O–H groups in total. The number of ether oxygens (including phenoxy) is 2. The molecule has 7 heteroatoms. The molecule has 0 bridgehead atoms. The minimum atomic E-state index is -4.19. The van der Waals surface area contributed by atoms with E-state index >= 15 is 0 Å². The summed E-state index contributed by atoms with van der Waals surface area (Å²) in [6.45, 7) is 13.0. The Hall–Kier alpha value is -3.09. The van der Waals surface area contributed by atoms with Gasteiger partial charge in [0.25, 0.3) is 0 Å².